The van der Waals surface area contributed by atoms with Crippen LogP contribution in [0.4, 0.5) is 19.0 Å². The van der Waals surface area contributed by atoms with Crippen molar-refractivity contribution in [1.82, 2.24) is 14.6 Å². The standard InChI is InChI=1S/C14H13F3N4O3/c1-20-10(7-11(22)21(2)13(20)24)18-19-12(23)8-4-3-5-9(6-8)14(15,16)17/h3-7,18H,1-2H3,(H,19,23). The number of rotatable bonds is 3. The van der Waals surface area contributed by atoms with Crippen LogP contribution >= 0.6 is 0 Å². The van der Waals surface area contributed by atoms with Gasteiger partial charge in [0.2, 0.25) is 0 Å². The van der Waals surface area contributed by atoms with Crippen LogP contribution in [0.3, 0.4) is 0 Å². The Morgan fingerprint density at radius 3 is 2.38 bits per heavy atom. The van der Waals surface area contributed by atoms with Crippen LogP contribution in [-0.4, -0.2) is 15.0 Å². The second kappa shape index (κ2) is 6.22. The zero-order valence-electron chi connectivity index (χ0n) is 12.6. The van der Waals surface area contributed by atoms with Crippen LogP contribution < -0.4 is 22.1 Å². The van der Waals surface area contributed by atoms with Gasteiger partial charge < -0.3 is 0 Å². The molecule has 1 aromatic carbocycles. The number of hydrazine groups is 1. The van der Waals surface area contributed by atoms with Crippen LogP contribution in [0.15, 0.2) is 39.9 Å². The summed E-state index contributed by atoms with van der Waals surface area (Å²) >= 11 is 0. The van der Waals surface area contributed by atoms with Gasteiger partial charge in [-0.15, -0.1) is 0 Å². The van der Waals surface area contributed by atoms with E-state index in [4.69, 9.17) is 0 Å². The van der Waals surface area contributed by atoms with Gasteiger partial charge in [-0.2, -0.15) is 13.2 Å². The molecule has 1 heterocycles. The summed E-state index contributed by atoms with van der Waals surface area (Å²) in [6.07, 6.45) is -4.57. The number of alkyl halides is 3. The molecule has 0 spiro atoms. The van der Waals surface area contributed by atoms with Gasteiger partial charge in [0.05, 0.1) is 5.56 Å². The highest BCUT2D eigenvalue weighted by Gasteiger charge is 2.30. The summed E-state index contributed by atoms with van der Waals surface area (Å²) in [5, 5.41) is 0. The van der Waals surface area contributed by atoms with E-state index in [2.05, 4.69) is 10.9 Å². The number of amides is 1. The first-order valence-corrected chi connectivity index (χ1v) is 6.62. The average molecular weight is 342 g/mol. The second-order valence-electron chi connectivity index (χ2n) is 4.93. The normalized spacial score (nSPS) is 11.2. The molecular formula is C14H13F3N4O3. The smallest absolute Gasteiger partial charge is 0.283 e. The molecule has 0 unspecified atom stereocenters. The van der Waals surface area contributed by atoms with Crippen molar-refractivity contribution in [3.8, 4) is 0 Å². The third kappa shape index (κ3) is 3.47. The minimum absolute atomic E-state index is 0.0107. The summed E-state index contributed by atoms with van der Waals surface area (Å²) in [6.45, 7) is 0. The predicted molar refractivity (Wildman–Crippen MR) is 79.5 cm³/mol. The molecule has 0 fully saturated rings. The molecule has 0 atom stereocenters. The maximum atomic E-state index is 12.6. The molecule has 2 rings (SSSR count). The van der Waals surface area contributed by atoms with E-state index < -0.39 is 28.9 Å². The van der Waals surface area contributed by atoms with Gasteiger partial charge in [0.25, 0.3) is 11.5 Å². The Bertz CT molecular complexity index is 899. The molecule has 24 heavy (non-hydrogen) atoms. The molecule has 1 amide bonds. The van der Waals surface area contributed by atoms with Crippen molar-refractivity contribution in [2.75, 3.05) is 5.43 Å². The van der Waals surface area contributed by atoms with Crippen molar-refractivity contribution in [1.29, 1.82) is 0 Å². The topological polar surface area (TPSA) is 85.1 Å². The second-order valence-corrected chi connectivity index (χ2v) is 4.93. The summed E-state index contributed by atoms with van der Waals surface area (Å²) in [4.78, 5) is 35.2. The Balaban J connectivity index is 2.21. The highest BCUT2D eigenvalue weighted by molar-refractivity contribution is 5.95. The van der Waals surface area contributed by atoms with Gasteiger partial charge in [-0.3, -0.25) is 29.6 Å². The van der Waals surface area contributed by atoms with Crippen molar-refractivity contribution >= 4 is 11.7 Å². The molecule has 0 aliphatic heterocycles. The number of benzene rings is 1. The average Bonchev–Trinajstić information content (AvgIpc) is 2.54. The molecule has 7 nitrogen and oxygen atoms in total. The van der Waals surface area contributed by atoms with Crippen molar-refractivity contribution in [2.24, 2.45) is 14.1 Å². The van der Waals surface area contributed by atoms with Crippen molar-refractivity contribution in [2.45, 2.75) is 6.18 Å². The van der Waals surface area contributed by atoms with Crippen LogP contribution in [-0.2, 0) is 20.3 Å². The molecule has 0 aliphatic rings. The molecule has 128 valence electrons. The molecular weight excluding hydrogens is 329 g/mol. The van der Waals surface area contributed by atoms with Crippen molar-refractivity contribution < 1.29 is 18.0 Å². The fourth-order valence-corrected chi connectivity index (χ4v) is 1.88. The molecule has 0 aliphatic carbocycles. The quantitative estimate of drug-likeness (QED) is 0.811. The van der Waals surface area contributed by atoms with Gasteiger partial charge in [-0.25, -0.2) is 4.79 Å². The van der Waals surface area contributed by atoms with E-state index in [0.29, 0.717) is 6.07 Å². The van der Waals surface area contributed by atoms with Gasteiger partial charge in [0.1, 0.15) is 5.82 Å². The number of hydrogen-bond acceptors (Lipinski definition) is 4. The first-order valence-electron chi connectivity index (χ1n) is 6.62. The van der Waals surface area contributed by atoms with Gasteiger partial charge in [-0.1, -0.05) is 6.07 Å². The van der Waals surface area contributed by atoms with Gasteiger partial charge >= 0.3 is 11.9 Å². The molecule has 1 aromatic heterocycles. The Hall–Kier alpha value is -3.04. The van der Waals surface area contributed by atoms with Crippen molar-refractivity contribution in [3.63, 3.8) is 0 Å². The molecule has 0 saturated heterocycles. The van der Waals surface area contributed by atoms with Crippen LogP contribution in [0, 0.1) is 0 Å². The Kier molecular flexibility index (Phi) is 4.49. The Labute approximate surface area is 133 Å². The number of aromatic nitrogens is 2. The number of carbonyl (C=O) groups excluding carboxylic acids is 1. The van der Waals surface area contributed by atoms with E-state index in [1.165, 1.54) is 20.2 Å². The number of carbonyl (C=O) groups is 1. The lowest BCUT2D eigenvalue weighted by atomic mass is 10.1. The number of anilines is 1. The molecule has 0 radical (unpaired) electrons. The Morgan fingerprint density at radius 2 is 1.75 bits per heavy atom. The number of halogens is 3. The van der Waals surface area contributed by atoms with Crippen LogP contribution in [0.2, 0.25) is 0 Å². The summed E-state index contributed by atoms with van der Waals surface area (Å²) in [7, 11) is 2.65. The first-order chi connectivity index (χ1) is 11.1. The van der Waals surface area contributed by atoms with E-state index in [1.807, 2.05) is 0 Å². The van der Waals surface area contributed by atoms with Crippen LogP contribution in [0.25, 0.3) is 0 Å². The lowest BCUT2D eigenvalue weighted by Gasteiger charge is -2.13. The maximum absolute atomic E-state index is 12.6. The SMILES string of the molecule is Cn1c(NNC(=O)c2cccc(C(F)(F)F)c2)cc(=O)n(C)c1=O. The monoisotopic (exact) mass is 342 g/mol. The van der Waals surface area contributed by atoms with E-state index in [9.17, 15) is 27.6 Å². The van der Waals surface area contributed by atoms with E-state index >= 15 is 0 Å². The lowest BCUT2D eigenvalue weighted by molar-refractivity contribution is -0.137. The summed E-state index contributed by atoms with van der Waals surface area (Å²) in [5.41, 5.74) is 2.07. The zero-order valence-corrected chi connectivity index (χ0v) is 12.6. The zero-order chi connectivity index (χ0) is 18.1. The van der Waals surface area contributed by atoms with Crippen molar-refractivity contribution in [3.05, 3.63) is 62.3 Å². The molecule has 0 bridgehead atoms. The van der Waals surface area contributed by atoms with E-state index in [0.717, 1.165) is 27.3 Å². The maximum Gasteiger partial charge on any atom is 0.416 e. The number of hydrogen-bond donors (Lipinski definition) is 2. The number of nitrogens with zero attached hydrogens (tertiary/aromatic N) is 2. The summed E-state index contributed by atoms with van der Waals surface area (Å²) in [6, 6.07) is 4.91. The third-order valence-corrected chi connectivity index (χ3v) is 3.28. The largest absolute Gasteiger partial charge is 0.416 e. The van der Waals surface area contributed by atoms with Crippen LogP contribution in [0.1, 0.15) is 15.9 Å². The minimum Gasteiger partial charge on any atom is -0.283 e. The Morgan fingerprint density at radius 1 is 1.08 bits per heavy atom. The number of nitrogens with one attached hydrogen (secondary N) is 2. The summed E-state index contributed by atoms with van der Waals surface area (Å²) < 4.78 is 39.8. The lowest BCUT2D eigenvalue weighted by Crippen LogP contribution is -2.40. The van der Waals surface area contributed by atoms with Crippen LogP contribution in [0.5, 0.6) is 0 Å². The minimum atomic E-state index is -4.57. The molecule has 2 N–H and O–H groups in total. The first kappa shape index (κ1) is 17.3. The third-order valence-electron chi connectivity index (χ3n) is 3.28. The highest BCUT2D eigenvalue weighted by atomic mass is 19.4. The molecule has 0 saturated carbocycles. The molecule has 2 aromatic rings. The van der Waals surface area contributed by atoms with Gasteiger partial charge in [0, 0.05) is 25.7 Å². The molecule has 10 heteroatoms. The predicted octanol–water partition coefficient (Wildman–Crippen LogP) is 0.860. The van der Waals surface area contributed by atoms with Gasteiger partial charge in [-0.05, 0) is 18.2 Å². The van der Waals surface area contributed by atoms with Gasteiger partial charge in [0.15, 0.2) is 0 Å². The fraction of sp³-hybridized carbons (Fsp3) is 0.214. The highest BCUT2D eigenvalue weighted by Crippen LogP contribution is 2.29. The summed E-state index contributed by atoms with van der Waals surface area (Å²) in [5.74, 6) is -0.863. The van der Waals surface area contributed by atoms with E-state index in [-0.39, 0.29) is 11.4 Å². The fourth-order valence-electron chi connectivity index (χ4n) is 1.88. The van der Waals surface area contributed by atoms with E-state index in [1.54, 1.807) is 0 Å².